The number of rotatable bonds is 6. The monoisotopic (exact) mass is 437 g/mol. The number of piperidine rings is 2. The van der Waals surface area contributed by atoms with Gasteiger partial charge in [0.15, 0.2) is 0 Å². The Hall–Kier alpha value is -2.04. The minimum atomic E-state index is 0.716. The Bertz CT molecular complexity index is 1070. The smallest absolute Gasteiger partial charge is 0.119 e. The summed E-state index contributed by atoms with van der Waals surface area (Å²) in [6.07, 6.45) is 9.48. The van der Waals surface area contributed by atoms with Crippen LogP contribution in [0, 0.1) is 5.92 Å². The molecule has 1 N–H and O–H groups in total. The van der Waals surface area contributed by atoms with E-state index in [4.69, 9.17) is 21.3 Å². The summed E-state index contributed by atoms with van der Waals surface area (Å²) in [4.78, 5) is 7.60. The Labute approximate surface area is 189 Å². The summed E-state index contributed by atoms with van der Waals surface area (Å²) in [5.41, 5.74) is 3.03. The first-order valence-electron chi connectivity index (χ1n) is 11.8. The highest BCUT2D eigenvalue weighted by Gasteiger charge is 2.32. The number of nitrogens with one attached hydrogen (secondary N) is 1. The molecular formula is C26H32ClN3O. The van der Waals surface area contributed by atoms with Crippen LogP contribution < -0.4 is 10.1 Å². The van der Waals surface area contributed by atoms with Crippen molar-refractivity contribution in [3.8, 4) is 5.75 Å². The van der Waals surface area contributed by atoms with Crippen LogP contribution in [0.15, 0.2) is 36.4 Å². The molecular weight excluding hydrogens is 406 g/mol. The number of pyridine rings is 1. The van der Waals surface area contributed by atoms with Crippen molar-refractivity contribution in [2.45, 2.75) is 51.0 Å². The lowest BCUT2D eigenvalue weighted by molar-refractivity contribution is 0.0553. The Morgan fingerprint density at radius 3 is 2.84 bits per heavy atom. The third-order valence-corrected chi connectivity index (χ3v) is 7.46. The van der Waals surface area contributed by atoms with Crippen molar-refractivity contribution in [2.75, 3.05) is 32.1 Å². The van der Waals surface area contributed by atoms with Crippen LogP contribution in [-0.4, -0.2) is 42.7 Å². The number of hydrogen-bond acceptors (Lipinski definition) is 4. The van der Waals surface area contributed by atoms with E-state index in [-0.39, 0.29) is 0 Å². The van der Waals surface area contributed by atoms with E-state index >= 15 is 0 Å². The molecule has 4 nitrogen and oxygen atoms in total. The maximum atomic E-state index is 6.25. The standard InChI is InChI=1S/C26H32ClN3O/c1-31-20-10-12-23-22(17-20)26(21-11-9-19(27)16-24(21)29-23)28-13-4-6-18-7-5-15-30-14-3-2-8-25(18)30/h9-12,16-18,25H,2-8,13-15H2,1H3,(H,28,29)/t18-,25-/m1/s1. The third-order valence-electron chi connectivity index (χ3n) is 7.23. The van der Waals surface area contributed by atoms with Crippen molar-refractivity contribution in [1.29, 1.82) is 0 Å². The number of anilines is 1. The Morgan fingerprint density at radius 2 is 1.94 bits per heavy atom. The number of hydrogen-bond donors (Lipinski definition) is 1. The molecule has 2 aromatic carbocycles. The Kier molecular flexibility index (Phi) is 6.20. The van der Waals surface area contributed by atoms with E-state index in [0.29, 0.717) is 5.02 Å². The van der Waals surface area contributed by atoms with Crippen LogP contribution >= 0.6 is 11.6 Å². The predicted octanol–water partition coefficient (Wildman–Crippen LogP) is 6.51. The molecule has 0 unspecified atom stereocenters. The summed E-state index contributed by atoms with van der Waals surface area (Å²) in [7, 11) is 1.71. The normalized spacial score (nSPS) is 21.9. The zero-order valence-electron chi connectivity index (χ0n) is 18.4. The molecule has 5 heteroatoms. The lowest BCUT2D eigenvalue weighted by Gasteiger charge is -2.44. The number of ether oxygens (including phenoxy) is 1. The van der Waals surface area contributed by atoms with Gasteiger partial charge in [-0.2, -0.15) is 0 Å². The van der Waals surface area contributed by atoms with Gasteiger partial charge in [-0.25, -0.2) is 4.98 Å². The third kappa shape index (κ3) is 4.33. The minimum absolute atomic E-state index is 0.716. The zero-order valence-corrected chi connectivity index (χ0v) is 19.1. The maximum Gasteiger partial charge on any atom is 0.119 e. The van der Waals surface area contributed by atoms with Crippen LogP contribution in [0.25, 0.3) is 21.8 Å². The Morgan fingerprint density at radius 1 is 1.03 bits per heavy atom. The second kappa shape index (κ2) is 9.22. The highest BCUT2D eigenvalue weighted by Crippen LogP contribution is 2.36. The highest BCUT2D eigenvalue weighted by molar-refractivity contribution is 6.31. The molecule has 5 rings (SSSR count). The molecule has 2 atom stereocenters. The number of halogens is 1. The molecule has 0 amide bonds. The number of benzene rings is 2. The molecule has 3 aromatic rings. The first-order valence-corrected chi connectivity index (χ1v) is 12.2. The Balaban J connectivity index is 1.35. The molecule has 0 aliphatic carbocycles. The zero-order chi connectivity index (χ0) is 21.2. The molecule has 2 fully saturated rings. The summed E-state index contributed by atoms with van der Waals surface area (Å²) in [5.74, 6) is 1.71. The molecule has 0 radical (unpaired) electrons. The van der Waals surface area contributed by atoms with E-state index in [1.807, 2.05) is 24.3 Å². The van der Waals surface area contributed by atoms with E-state index in [2.05, 4.69) is 22.3 Å². The summed E-state index contributed by atoms with van der Waals surface area (Å²) in [6.45, 7) is 3.61. The van der Waals surface area contributed by atoms with Gasteiger partial charge in [0, 0.05) is 28.4 Å². The summed E-state index contributed by atoms with van der Waals surface area (Å²) in [6, 6.07) is 12.9. The largest absolute Gasteiger partial charge is 0.497 e. The fourth-order valence-electron chi connectivity index (χ4n) is 5.71. The van der Waals surface area contributed by atoms with Crippen molar-refractivity contribution in [1.82, 2.24) is 9.88 Å². The van der Waals surface area contributed by atoms with Gasteiger partial charge in [0.1, 0.15) is 5.75 Å². The highest BCUT2D eigenvalue weighted by atomic mass is 35.5. The molecule has 3 heterocycles. The lowest BCUT2D eigenvalue weighted by Crippen LogP contribution is -2.47. The van der Waals surface area contributed by atoms with E-state index in [9.17, 15) is 0 Å². The molecule has 31 heavy (non-hydrogen) atoms. The molecule has 0 saturated carbocycles. The molecule has 1 aromatic heterocycles. The number of nitrogens with zero attached hydrogens (tertiary/aromatic N) is 2. The van der Waals surface area contributed by atoms with Crippen LogP contribution in [0.4, 0.5) is 5.69 Å². The second-order valence-corrected chi connectivity index (χ2v) is 9.54. The second-order valence-electron chi connectivity index (χ2n) is 9.10. The number of aromatic nitrogens is 1. The molecule has 2 aliphatic heterocycles. The first kappa shape index (κ1) is 20.8. The van der Waals surface area contributed by atoms with E-state index < -0.39 is 0 Å². The maximum absolute atomic E-state index is 6.25. The van der Waals surface area contributed by atoms with Crippen molar-refractivity contribution in [3.63, 3.8) is 0 Å². The average molecular weight is 438 g/mol. The predicted molar refractivity (Wildman–Crippen MR) is 130 cm³/mol. The van der Waals surface area contributed by atoms with Gasteiger partial charge in [0.2, 0.25) is 0 Å². The molecule has 0 bridgehead atoms. The molecule has 2 saturated heterocycles. The van der Waals surface area contributed by atoms with Gasteiger partial charge in [-0.3, -0.25) is 0 Å². The average Bonchev–Trinajstić information content (AvgIpc) is 2.80. The van der Waals surface area contributed by atoms with Gasteiger partial charge >= 0.3 is 0 Å². The first-order chi connectivity index (χ1) is 15.2. The fourth-order valence-corrected chi connectivity index (χ4v) is 5.87. The van der Waals surface area contributed by atoms with E-state index in [1.54, 1.807) is 7.11 Å². The van der Waals surface area contributed by atoms with Gasteiger partial charge in [-0.15, -0.1) is 0 Å². The van der Waals surface area contributed by atoms with Crippen molar-refractivity contribution in [2.24, 2.45) is 5.92 Å². The summed E-state index contributed by atoms with van der Waals surface area (Å²) >= 11 is 6.25. The van der Waals surface area contributed by atoms with Crippen LogP contribution in [0.3, 0.4) is 0 Å². The van der Waals surface area contributed by atoms with Crippen LogP contribution in [0.5, 0.6) is 5.75 Å². The summed E-state index contributed by atoms with van der Waals surface area (Å²) in [5, 5.41) is 6.69. The van der Waals surface area contributed by atoms with Crippen LogP contribution in [0.1, 0.15) is 44.9 Å². The van der Waals surface area contributed by atoms with Gasteiger partial charge in [0.25, 0.3) is 0 Å². The molecule has 0 spiro atoms. The SMILES string of the molecule is COc1ccc2nc3cc(Cl)ccc3c(NCCC[C@@H]3CCCN4CCCC[C@H]34)c2c1. The fraction of sp³-hybridized carbons (Fsp3) is 0.500. The summed E-state index contributed by atoms with van der Waals surface area (Å²) < 4.78 is 5.48. The number of methoxy groups -OCH3 is 1. The van der Waals surface area contributed by atoms with Gasteiger partial charge < -0.3 is 15.0 Å². The number of fused-ring (bicyclic) bond motifs is 3. The van der Waals surface area contributed by atoms with Crippen LogP contribution in [0.2, 0.25) is 5.02 Å². The van der Waals surface area contributed by atoms with Gasteiger partial charge in [0.05, 0.1) is 23.8 Å². The lowest BCUT2D eigenvalue weighted by atomic mass is 9.81. The van der Waals surface area contributed by atoms with Gasteiger partial charge in [-0.05, 0) is 93.9 Å². The van der Waals surface area contributed by atoms with E-state index in [1.165, 1.54) is 58.0 Å². The quantitative estimate of drug-likeness (QED) is 0.352. The molecule has 2 aliphatic rings. The van der Waals surface area contributed by atoms with E-state index in [0.717, 1.165) is 51.7 Å². The molecule has 164 valence electrons. The van der Waals surface area contributed by atoms with Crippen molar-refractivity contribution >= 4 is 39.1 Å². The van der Waals surface area contributed by atoms with Crippen LogP contribution in [-0.2, 0) is 0 Å². The van der Waals surface area contributed by atoms with Crippen molar-refractivity contribution < 1.29 is 4.74 Å². The van der Waals surface area contributed by atoms with Crippen molar-refractivity contribution in [3.05, 3.63) is 41.4 Å². The topological polar surface area (TPSA) is 37.4 Å². The van der Waals surface area contributed by atoms with Gasteiger partial charge in [-0.1, -0.05) is 18.0 Å². The minimum Gasteiger partial charge on any atom is -0.497 e.